The number of likely N-dealkylation sites (tertiary alicyclic amines) is 1. The molecule has 1 aliphatic rings. The smallest absolute Gasteiger partial charge is 0.295 e. The first-order valence-corrected chi connectivity index (χ1v) is 6.74. The number of para-hydroxylation sites is 2. The molecule has 0 aliphatic carbocycles. The van der Waals surface area contributed by atoms with Crippen molar-refractivity contribution >= 4 is 17.1 Å². The summed E-state index contributed by atoms with van der Waals surface area (Å²) < 4.78 is 5.60. The molecule has 4 heteroatoms. The molecule has 0 bridgehead atoms. The van der Waals surface area contributed by atoms with Crippen molar-refractivity contribution in [3.05, 3.63) is 24.3 Å². The fraction of sp³-hybridized carbons (Fsp3) is 0.500. The van der Waals surface area contributed by atoms with Crippen LogP contribution in [0.25, 0.3) is 11.1 Å². The summed E-state index contributed by atoms with van der Waals surface area (Å²) in [6, 6.07) is 8.48. The predicted molar refractivity (Wildman–Crippen MR) is 72.8 cm³/mol. The van der Waals surface area contributed by atoms with Crippen LogP contribution < -0.4 is 5.32 Å². The lowest BCUT2D eigenvalue weighted by molar-refractivity contribution is 0.337. The van der Waals surface area contributed by atoms with Crippen LogP contribution in [0.5, 0.6) is 0 Å². The van der Waals surface area contributed by atoms with Gasteiger partial charge in [-0.2, -0.15) is 4.98 Å². The SMILES string of the molecule is c1ccc2oc(NCCCN3CCCC3)nc2c1. The summed E-state index contributed by atoms with van der Waals surface area (Å²) in [4.78, 5) is 6.91. The Labute approximate surface area is 107 Å². The summed E-state index contributed by atoms with van der Waals surface area (Å²) in [6.45, 7) is 4.63. The molecule has 96 valence electrons. The number of rotatable bonds is 5. The minimum atomic E-state index is 0.637. The zero-order chi connectivity index (χ0) is 12.2. The Kier molecular flexibility index (Phi) is 3.46. The van der Waals surface area contributed by atoms with E-state index in [1.807, 2.05) is 24.3 Å². The highest BCUT2D eigenvalue weighted by atomic mass is 16.4. The van der Waals surface area contributed by atoms with Crippen molar-refractivity contribution in [3.63, 3.8) is 0 Å². The number of anilines is 1. The highest BCUT2D eigenvalue weighted by molar-refractivity contribution is 5.74. The molecule has 1 aliphatic heterocycles. The second-order valence-electron chi connectivity index (χ2n) is 4.82. The van der Waals surface area contributed by atoms with E-state index >= 15 is 0 Å². The molecule has 4 nitrogen and oxygen atoms in total. The van der Waals surface area contributed by atoms with Gasteiger partial charge in [-0.05, 0) is 51.0 Å². The van der Waals surface area contributed by atoms with Gasteiger partial charge < -0.3 is 14.6 Å². The average Bonchev–Trinajstić information content (AvgIpc) is 3.03. The van der Waals surface area contributed by atoms with Gasteiger partial charge in [-0.25, -0.2) is 0 Å². The van der Waals surface area contributed by atoms with Gasteiger partial charge in [0.2, 0.25) is 0 Å². The van der Waals surface area contributed by atoms with Crippen molar-refractivity contribution in [1.29, 1.82) is 0 Å². The molecular formula is C14H19N3O. The highest BCUT2D eigenvalue weighted by Gasteiger charge is 2.10. The van der Waals surface area contributed by atoms with Crippen LogP contribution in [0.3, 0.4) is 0 Å². The summed E-state index contributed by atoms with van der Waals surface area (Å²) in [7, 11) is 0. The maximum Gasteiger partial charge on any atom is 0.295 e. The normalized spacial score (nSPS) is 16.4. The topological polar surface area (TPSA) is 41.3 Å². The Morgan fingerprint density at radius 3 is 2.89 bits per heavy atom. The standard InChI is InChI=1S/C14H19N3O/c1-2-7-13-12(6-1)16-14(18-13)15-8-5-11-17-9-3-4-10-17/h1-2,6-7H,3-5,8-11H2,(H,15,16). The number of hydrogen-bond donors (Lipinski definition) is 1. The monoisotopic (exact) mass is 245 g/mol. The first kappa shape index (κ1) is 11.5. The molecule has 18 heavy (non-hydrogen) atoms. The van der Waals surface area contributed by atoms with Gasteiger partial charge >= 0.3 is 0 Å². The first-order chi connectivity index (χ1) is 8.92. The molecule has 1 N–H and O–H groups in total. The minimum absolute atomic E-state index is 0.637. The van der Waals surface area contributed by atoms with E-state index in [1.165, 1.54) is 32.5 Å². The van der Waals surface area contributed by atoms with E-state index in [2.05, 4.69) is 15.2 Å². The van der Waals surface area contributed by atoms with Crippen LogP contribution in [0.1, 0.15) is 19.3 Å². The van der Waals surface area contributed by atoms with Crippen LogP contribution in [0.4, 0.5) is 6.01 Å². The van der Waals surface area contributed by atoms with Gasteiger partial charge in [0.1, 0.15) is 5.52 Å². The van der Waals surface area contributed by atoms with Gasteiger partial charge in [0.05, 0.1) is 0 Å². The van der Waals surface area contributed by atoms with Crippen LogP contribution in [0.2, 0.25) is 0 Å². The van der Waals surface area contributed by atoms with Gasteiger partial charge in [0, 0.05) is 6.54 Å². The molecule has 3 rings (SSSR count). The predicted octanol–water partition coefficient (Wildman–Crippen LogP) is 2.73. The van der Waals surface area contributed by atoms with Crippen LogP contribution in [0.15, 0.2) is 28.7 Å². The number of oxazole rings is 1. The molecule has 1 saturated heterocycles. The quantitative estimate of drug-likeness (QED) is 0.822. The van der Waals surface area contributed by atoms with Gasteiger partial charge in [-0.15, -0.1) is 0 Å². The summed E-state index contributed by atoms with van der Waals surface area (Å²) in [5, 5.41) is 3.25. The van der Waals surface area contributed by atoms with Gasteiger partial charge in [0.15, 0.2) is 5.58 Å². The molecule has 2 aromatic rings. The summed E-state index contributed by atoms with van der Waals surface area (Å²) in [5.74, 6) is 0. The molecule has 2 heterocycles. The number of hydrogen-bond acceptors (Lipinski definition) is 4. The van der Waals surface area contributed by atoms with Crippen molar-refractivity contribution in [2.75, 3.05) is 31.5 Å². The molecular weight excluding hydrogens is 226 g/mol. The summed E-state index contributed by atoms with van der Waals surface area (Å²) >= 11 is 0. The summed E-state index contributed by atoms with van der Waals surface area (Å²) in [6.07, 6.45) is 3.86. The van der Waals surface area contributed by atoms with E-state index in [9.17, 15) is 0 Å². The Morgan fingerprint density at radius 1 is 1.22 bits per heavy atom. The lowest BCUT2D eigenvalue weighted by Crippen LogP contribution is -2.22. The molecule has 0 atom stereocenters. The van der Waals surface area contributed by atoms with E-state index in [0.717, 1.165) is 24.1 Å². The molecule has 0 amide bonds. The zero-order valence-corrected chi connectivity index (χ0v) is 10.6. The third-order valence-electron chi connectivity index (χ3n) is 3.42. The molecule has 1 aromatic heterocycles. The molecule has 0 saturated carbocycles. The number of nitrogens with one attached hydrogen (secondary N) is 1. The minimum Gasteiger partial charge on any atom is -0.424 e. The van der Waals surface area contributed by atoms with E-state index in [4.69, 9.17) is 4.42 Å². The molecule has 1 aromatic carbocycles. The number of benzene rings is 1. The summed E-state index contributed by atoms with van der Waals surface area (Å²) in [5.41, 5.74) is 1.76. The maximum atomic E-state index is 5.60. The first-order valence-electron chi connectivity index (χ1n) is 6.74. The van der Waals surface area contributed by atoms with Gasteiger partial charge in [0.25, 0.3) is 6.01 Å². The number of aromatic nitrogens is 1. The van der Waals surface area contributed by atoms with Crippen molar-refractivity contribution in [1.82, 2.24) is 9.88 Å². The van der Waals surface area contributed by atoms with Gasteiger partial charge in [-0.3, -0.25) is 0 Å². The zero-order valence-electron chi connectivity index (χ0n) is 10.6. The Hall–Kier alpha value is -1.55. The third kappa shape index (κ3) is 2.64. The van der Waals surface area contributed by atoms with Crippen molar-refractivity contribution in [3.8, 4) is 0 Å². The van der Waals surface area contributed by atoms with Crippen molar-refractivity contribution in [2.24, 2.45) is 0 Å². The molecule has 0 unspecified atom stereocenters. The number of nitrogens with zero attached hydrogens (tertiary/aromatic N) is 2. The third-order valence-corrected chi connectivity index (χ3v) is 3.42. The van der Waals surface area contributed by atoms with E-state index in [0.29, 0.717) is 6.01 Å². The Balaban J connectivity index is 1.47. The van der Waals surface area contributed by atoms with Crippen LogP contribution in [0, 0.1) is 0 Å². The lowest BCUT2D eigenvalue weighted by atomic mass is 10.3. The Bertz CT molecular complexity index is 469. The van der Waals surface area contributed by atoms with Crippen LogP contribution in [-0.2, 0) is 0 Å². The maximum absolute atomic E-state index is 5.60. The molecule has 0 spiro atoms. The van der Waals surface area contributed by atoms with Gasteiger partial charge in [-0.1, -0.05) is 12.1 Å². The second-order valence-corrected chi connectivity index (χ2v) is 4.82. The van der Waals surface area contributed by atoms with Crippen LogP contribution in [-0.4, -0.2) is 36.1 Å². The number of fused-ring (bicyclic) bond motifs is 1. The average molecular weight is 245 g/mol. The largest absolute Gasteiger partial charge is 0.424 e. The fourth-order valence-electron chi connectivity index (χ4n) is 2.45. The molecule has 1 fully saturated rings. The van der Waals surface area contributed by atoms with Crippen molar-refractivity contribution < 1.29 is 4.42 Å². The fourth-order valence-corrected chi connectivity index (χ4v) is 2.45. The Morgan fingerprint density at radius 2 is 2.06 bits per heavy atom. The molecule has 0 radical (unpaired) electrons. The van der Waals surface area contributed by atoms with E-state index in [-0.39, 0.29) is 0 Å². The van der Waals surface area contributed by atoms with Crippen LogP contribution >= 0.6 is 0 Å². The second kappa shape index (κ2) is 5.40. The van der Waals surface area contributed by atoms with Crippen molar-refractivity contribution in [2.45, 2.75) is 19.3 Å². The van der Waals surface area contributed by atoms with E-state index < -0.39 is 0 Å². The van der Waals surface area contributed by atoms with E-state index in [1.54, 1.807) is 0 Å². The lowest BCUT2D eigenvalue weighted by Gasteiger charge is -2.13. The highest BCUT2D eigenvalue weighted by Crippen LogP contribution is 2.17.